The zero-order valence-electron chi connectivity index (χ0n) is 10.6. The molecule has 1 aromatic rings. The number of halogens is 2. The summed E-state index contributed by atoms with van der Waals surface area (Å²) in [6, 6.07) is 4.73. The molecule has 0 saturated carbocycles. The molecule has 1 aliphatic rings. The van der Waals surface area contributed by atoms with Gasteiger partial charge in [-0.05, 0) is 36.6 Å². The Hall–Kier alpha value is -0.290. The van der Waals surface area contributed by atoms with Crippen LogP contribution in [0.3, 0.4) is 0 Å². The summed E-state index contributed by atoms with van der Waals surface area (Å²) in [4.78, 5) is 0.287. The highest BCUT2D eigenvalue weighted by molar-refractivity contribution is 7.89. The van der Waals surface area contributed by atoms with E-state index in [2.05, 4.69) is 0 Å². The monoisotopic (exact) mass is 321 g/mol. The predicted molar refractivity (Wildman–Crippen MR) is 78.2 cm³/mol. The van der Waals surface area contributed by atoms with Gasteiger partial charge < -0.3 is 0 Å². The number of sulfonamides is 1. The van der Waals surface area contributed by atoms with Crippen LogP contribution in [0.1, 0.15) is 31.2 Å². The van der Waals surface area contributed by atoms with Crippen molar-refractivity contribution in [3.63, 3.8) is 0 Å². The van der Waals surface area contributed by atoms with Crippen LogP contribution < -0.4 is 0 Å². The first kappa shape index (κ1) is 15.1. The lowest BCUT2D eigenvalue weighted by Crippen LogP contribution is -2.32. The standard InChI is InChI=1S/C13H17Cl2NO2S/c14-10-11-9-12(5-6-13(11)15)19(17,18)16-7-3-1-2-4-8-16/h5-6,9H,1-4,7-8,10H2. The minimum Gasteiger partial charge on any atom is -0.207 e. The third-order valence-corrected chi connectivity index (χ3v) is 5.92. The molecule has 0 aliphatic carbocycles. The Labute approximate surface area is 124 Å². The van der Waals surface area contributed by atoms with E-state index in [9.17, 15) is 8.42 Å². The number of rotatable bonds is 3. The van der Waals surface area contributed by atoms with E-state index in [4.69, 9.17) is 23.2 Å². The Morgan fingerprint density at radius 2 is 1.74 bits per heavy atom. The topological polar surface area (TPSA) is 37.4 Å². The van der Waals surface area contributed by atoms with Gasteiger partial charge >= 0.3 is 0 Å². The summed E-state index contributed by atoms with van der Waals surface area (Å²) in [5.74, 6) is 0.211. The number of nitrogens with zero attached hydrogens (tertiary/aromatic N) is 1. The van der Waals surface area contributed by atoms with Gasteiger partial charge in [0.1, 0.15) is 0 Å². The van der Waals surface area contributed by atoms with E-state index in [1.165, 1.54) is 0 Å². The van der Waals surface area contributed by atoms with Gasteiger partial charge in [-0.3, -0.25) is 0 Å². The van der Waals surface area contributed by atoms with Crippen molar-refractivity contribution in [3.05, 3.63) is 28.8 Å². The Morgan fingerprint density at radius 1 is 1.11 bits per heavy atom. The van der Waals surface area contributed by atoms with Gasteiger partial charge in [0.25, 0.3) is 0 Å². The second kappa shape index (κ2) is 6.44. The number of hydrogen-bond acceptors (Lipinski definition) is 2. The maximum Gasteiger partial charge on any atom is 0.243 e. The first-order valence-electron chi connectivity index (χ1n) is 6.40. The van der Waals surface area contributed by atoms with Gasteiger partial charge in [0, 0.05) is 24.0 Å². The summed E-state index contributed by atoms with van der Waals surface area (Å²) < 4.78 is 26.7. The molecule has 106 valence electrons. The summed E-state index contributed by atoms with van der Waals surface area (Å²) in [5.41, 5.74) is 0.652. The van der Waals surface area contributed by atoms with Crippen molar-refractivity contribution in [2.45, 2.75) is 36.5 Å². The molecule has 0 N–H and O–H groups in total. The Balaban J connectivity index is 2.32. The average molecular weight is 322 g/mol. The maximum absolute atomic E-state index is 12.6. The van der Waals surface area contributed by atoms with Gasteiger partial charge in [-0.15, -0.1) is 11.6 Å². The molecular formula is C13H17Cl2NO2S. The number of hydrogen-bond donors (Lipinski definition) is 0. The van der Waals surface area contributed by atoms with Crippen LogP contribution in [0, 0.1) is 0 Å². The summed E-state index contributed by atoms with van der Waals surface area (Å²) >= 11 is 11.7. The van der Waals surface area contributed by atoms with Crippen LogP contribution in [0.15, 0.2) is 23.1 Å². The van der Waals surface area contributed by atoms with Crippen LogP contribution >= 0.6 is 23.2 Å². The van der Waals surface area contributed by atoms with E-state index in [0.29, 0.717) is 23.7 Å². The molecule has 0 atom stereocenters. The molecule has 2 rings (SSSR count). The zero-order valence-corrected chi connectivity index (χ0v) is 12.9. The zero-order chi connectivity index (χ0) is 13.9. The van der Waals surface area contributed by atoms with Gasteiger partial charge in [-0.25, -0.2) is 8.42 Å². The SMILES string of the molecule is O=S(=O)(c1ccc(Cl)c(CCl)c1)N1CCCCCC1. The van der Waals surface area contributed by atoms with Crippen LogP contribution in [-0.2, 0) is 15.9 Å². The molecule has 6 heteroatoms. The largest absolute Gasteiger partial charge is 0.243 e. The normalized spacial score (nSPS) is 18.2. The van der Waals surface area contributed by atoms with E-state index in [1.54, 1.807) is 22.5 Å². The van der Waals surface area contributed by atoms with E-state index in [0.717, 1.165) is 25.7 Å². The highest BCUT2D eigenvalue weighted by Gasteiger charge is 2.25. The van der Waals surface area contributed by atoms with Gasteiger partial charge in [-0.2, -0.15) is 4.31 Å². The molecule has 3 nitrogen and oxygen atoms in total. The first-order chi connectivity index (χ1) is 9.05. The first-order valence-corrected chi connectivity index (χ1v) is 8.75. The molecule has 1 aliphatic heterocycles. The lowest BCUT2D eigenvalue weighted by atomic mass is 10.2. The van der Waals surface area contributed by atoms with Gasteiger partial charge in [0.15, 0.2) is 0 Å². The van der Waals surface area contributed by atoms with Crippen molar-refractivity contribution in [2.75, 3.05) is 13.1 Å². The van der Waals surface area contributed by atoms with Crippen LogP contribution in [0.2, 0.25) is 5.02 Å². The summed E-state index contributed by atoms with van der Waals surface area (Å²) in [6.07, 6.45) is 4.05. The van der Waals surface area contributed by atoms with Gasteiger partial charge in [0.2, 0.25) is 10.0 Å². The molecule has 0 spiro atoms. The molecule has 0 radical (unpaired) electrons. The maximum atomic E-state index is 12.6. The highest BCUT2D eigenvalue weighted by atomic mass is 35.5. The van der Waals surface area contributed by atoms with Crippen LogP contribution in [0.5, 0.6) is 0 Å². The average Bonchev–Trinajstić information content (AvgIpc) is 2.68. The number of alkyl halides is 1. The van der Waals surface area contributed by atoms with Crippen LogP contribution in [0.4, 0.5) is 0 Å². The second-order valence-electron chi connectivity index (χ2n) is 4.71. The van der Waals surface area contributed by atoms with Crippen molar-refractivity contribution in [1.82, 2.24) is 4.31 Å². The molecule has 1 heterocycles. The fourth-order valence-corrected chi connectivity index (χ4v) is 4.29. The third kappa shape index (κ3) is 3.43. The van der Waals surface area contributed by atoms with Crippen molar-refractivity contribution < 1.29 is 8.42 Å². The van der Waals surface area contributed by atoms with Crippen molar-refractivity contribution in [3.8, 4) is 0 Å². The third-order valence-electron chi connectivity index (χ3n) is 3.36. The van der Waals surface area contributed by atoms with E-state index < -0.39 is 10.0 Å². The molecule has 1 saturated heterocycles. The van der Waals surface area contributed by atoms with Crippen LogP contribution in [0.25, 0.3) is 0 Å². The molecule has 19 heavy (non-hydrogen) atoms. The summed E-state index contributed by atoms with van der Waals surface area (Å²) in [5, 5.41) is 0.504. The van der Waals surface area contributed by atoms with E-state index in [-0.39, 0.29) is 10.8 Å². The van der Waals surface area contributed by atoms with Crippen molar-refractivity contribution in [2.24, 2.45) is 0 Å². The fraction of sp³-hybridized carbons (Fsp3) is 0.538. The Bertz CT molecular complexity index is 538. The van der Waals surface area contributed by atoms with E-state index >= 15 is 0 Å². The second-order valence-corrected chi connectivity index (χ2v) is 7.32. The number of benzene rings is 1. The Morgan fingerprint density at radius 3 is 2.32 bits per heavy atom. The molecule has 0 aromatic heterocycles. The van der Waals surface area contributed by atoms with Gasteiger partial charge in [-0.1, -0.05) is 24.4 Å². The minimum absolute atomic E-state index is 0.211. The van der Waals surface area contributed by atoms with Crippen molar-refractivity contribution >= 4 is 33.2 Å². The van der Waals surface area contributed by atoms with Crippen molar-refractivity contribution in [1.29, 1.82) is 0 Å². The summed E-state index contributed by atoms with van der Waals surface area (Å²) in [7, 11) is -3.42. The summed E-state index contributed by atoms with van der Waals surface area (Å²) in [6.45, 7) is 1.20. The molecule has 0 amide bonds. The lowest BCUT2D eigenvalue weighted by molar-refractivity contribution is 0.423. The molecule has 1 fully saturated rings. The quantitative estimate of drug-likeness (QED) is 0.797. The molecule has 1 aromatic carbocycles. The smallest absolute Gasteiger partial charge is 0.207 e. The van der Waals surface area contributed by atoms with Gasteiger partial charge in [0.05, 0.1) is 4.90 Å². The highest BCUT2D eigenvalue weighted by Crippen LogP contribution is 2.25. The Kier molecular flexibility index (Phi) is 5.12. The molecular weight excluding hydrogens is 305 g/mol. The molecule has 0 bridgehead atoms. The fourth-order valence-electron chi connectivity index (χ4n) is 2.25. The minimum atomic E-state index is -3.42. The lowest BCUT2D eigenvalue weighted by Gasteiger charge is -2.20. The van der Waals surface area contributed by atoms with Crippen LogP contribution in [-0.4, -0.2) is 25.8 Å². The van der Waals surface area contributed by atoms with E-state index in [1.807, 2.05) is 0 Å². The molecule has 0 unspecified atom stereocenters. The predicted octanol–water partition coefficient (Wildman–Crippen LogP) is 3.64.